The fraction of sp³-hybridized carbons (Fsp3) is 0.200. The van der Waals surface area contributed by atoms with Gasteiger partial charge in [-0.2, -0.15) is 0 Å². The molecule has 0 aliphatic heterocycles. The summed E-state index contributed by atoms with van der Waals surface area (Å²) in [6.07, 6.45) is 0. The van der Waals surface area contributed by atoms with E-state index < -0.39 is 6.67 Å². The standard InChI is InChI=1S/C10H11FO/c1-8(7-11)9-3-5-10(12-2)6-4-9/h3-6H,1,7H2,2H3. The molecule has 0 saturated heterocycles. The quantitative estimate of drug-likeness (QED) is 0.670. The highest BCUT2D eigenvalue weighted by atomic mass is 19.1. The third-order valence-corrected chi connectivity index (χ3v) is 1.66. The van der Waals surface area contributed by atoms with Gasteiger partial charge in [0, 0.05) is 0 Å². The van der Waals surface area contributed by atoms with E-state index in [1.807, 2.05) is 0 Å². The Labute approximate surface area is 71.5 Å². The minimum Gasteiger partial charge on any atom is -0.497 e. The topological polar surface area (TPSA) is 9.23 Å². The summed E-state index contributed by atoms with van der Waals surface area (Å²) < 4.78 is 17.1. The molecule has 0 aliphatic rings. The molecule has 0 aromatic heterocycles. The molecular weight excluding hydrogens is 155 g/mol. The Balaban J connectivity index is 2.84. The lowest BCUT2D eigenvalue weighted by atomic mass is 10.1. The van der Waals surface area contributed by atoms with Crippen LogP contribution in [-0.4, -0.2) is 13.8 Å². The minimum absolute atomic E-state index is 0.498. The zero-order valence-electron chi connectivity index (χ0n) is 7.01. The SMILES string of the molecule is C=C(CF)c1ccc(OC)cc1. The highest BCUT2D eigenvalue weighted by molar-refractivity contribution is 5.64. The zero-order valence-corrected chi connectivity index (χ0v) is 7.01. The van der Waals surface area contributed by atoms with Gasteiger partial charge in [0.15, 0.2) is 0 Å². The number of halogens is 1. The summed E-state index contributed by atoms with van der Waals surface area (Å²) in [6, 6.07) is 7.16. The molecule has 64 valence electrons. The second-order valence-corrected chi connectivity index (χ2v) is 2.47. The van der Waals surface area contributed by atoms with Crippen molar-refractivity contribution in [1.29, 1.82) is 0 Å². The molecule has 12 heavy (non-hydrogen) atoms. The van der Waals surface area contributed by atoms with Gasteiger partial charge < -0.3 is 4.74 Å². The Hall–Kier alpha value is -1.31. The summed E-state index contributed by atoms with van der Waals surface area (Å²) in [7, 11) is 1.60. The van der Waals surface area contributed by atoms with Gasteiger partial charge in [-0.1, -0.05) is 18.7 Å². The highest BCUT2D eigenvalue weighted by Gasteiger charge is 1.97. The van der Waals surface area contributed by atoms with Gasteiger partial charge in [-0.25, -0.2) is 4.39 Å². The predicted octanol–water partition coefficient (Wildman–Crippen LogP) is 2.68. The smallest absolute Gasteiger partial charge is 0.118 e. The molecule has 0 radical (unpaired) electrons. The first kappa shape index (κ1) is 8.78. The largest absolute Gasteiger partial charge is 0.497 e. The van der Waals surface area contributed by atoms with Gasteiger partial charge >= 0.3 is 0 Å². The summed E-state index contributed by atoms with van der Waals surface area (Å²) in [5, 5.41) is 0. The van der Waals surface area contributed by atoms with Gasteiger partial charge in [0.2, 0.25) is 0 Å². The lowest BCUT2D eigenvalue weighted by Gasteiger charge is -2.02. The van der Waals surface area contributed by atoms with Crippen LogP contribution in [0, 0.1) is 0 Å². The third kappa shape index (κ3) is 1.84. The van der Waals surface area contributed by atoms with Crippen molar-refractivity contribution in [2.75, 3.05) is 13.8 Å². The molecule has 1 rings (SSSR count). The lowest BCUT2D eigenvalue weighted by Crippen LogP contribution is -1.86. The van der Waals surface area contributed by atoms with E-state index >= 15 is 0 Å². The van der Waals surface area contributed by atoms with Crippen LogP contribution in [-0.2, 0) is 0 Å². The van der Waals surface area contributed by atoms with Crippen molar-refractivity contribution in [3.63, 3.8) is 0 Å². The average molecular weight is 166 g/mol. The van der Waals surface area contributed by atoms with E-state index in [2.05, 4.69) is 6.58 Å². The van der Waals surface area contributed by atoms with Gasteiger partial charge in [-0.15, -0.1) is 0 Å². The first-order valence-corrected chi connectivity index (χ1v) is 3.66. The number of hydrogen-bond donors (Lipinski definition) is 0. The van der Waals surface area contributed by atoms with Crippen LogP contribution in [0.5, 0.6) is 5.75 Å². The Morgan fingerprint density at radius 3 is 2.42 bits per heavy atom. The molecule has 0 bridgehead atoms. The number of alkyl halides is 1. The first-order chi connectivity index (χ1) is 5.77. The average Bonchev–Trinajstić information content (AvgIpc) is 2.17. The van der Waals surface area contributed by atoms with Crippen LogP contribution in [0.2, 0.25) is 0 Å². The Kier molecular flexibility index (Phi) is 2.86. The number of benzene rings is 1. The molecule has 1 aromatic carbocycles. The van der Waals surface area contributed by atoms with E-state index in [9.17, 15) is 4.39 Å². The number of ether oxygens (including phenoxy) is 1. The number of methoxy groups -OCH3 is 1. The normalized spacial score (nSPS) is 9.50. The molecule has 2 heteroatoms. The summed E-state index contributed by atoms with van der Waals surface area (Å²) >= 11 is 0. The van der Waals surface area contributed by atoms with E-state index in [-0.39, 0.29) is 0 Å². The van der Waals surface area contributed by atoms with Crippen molar-refractivity contribution < 1.29 is 9.13 Å². The van der Waals surface area contributed by atoms with Crippen molar-refractivity contribution in [2.45, 2.75) is 0 Å². The van der Waals surface area contributed by atoms with E-state index in [0.717, 1.165) is 11.3 Å². The molecular formula is C10H11FO. The number of rotatable bonds is 3. The first-order valence-electron chi connectivity index (χ1n) is 3.66. The van der Waals surface area contributed by atoms with Gasteiger partial charge in [0.25, 0.3) is 0 Å². The van der Waals surface area contributed by atoms with Crippen molar-refractivity contribution >= 4 is 5.57 Å². The maximum Gasteiger partial charge on any atom is 0.118 e. The van der Waals surface area contributed by atoms with Crippen molar-refractivity contribution in [2.24, 2.45) is 0 Å². The zero-order chi connectivity index (χ0) is 8.97. The molecule has 0 heterocycles. The predicted molar refractivity (Wildman–Crippen MR) is 48.0 cm³/mol. The summed E-state index contributed by atoms with van der Waals surface area (Å²) in [6.45, 7) is 3.08. The van der Waals surface area contributed by atoms with E-state index in [4.69, 9.17) is 4.74 Å². The van der Waals surface area contributed by atoms with Crippen molar-refractivity contribution in [3.8, 4) is 5.75 Å². The Bertz CT molecular complexity index is 264. The van der Waals surface area contributed by atoms with Crippen LogP contribution >= 0.6 is 0 Å². The second kappa shape index (κ2) is 3.90. The molecule has 0 unspecified atom stereocenters. The molecule has 0 aliphatic carbocycles. The summed E-state index contributed by atoms with van der Waals surface area (Å²) in [4.78, 5) is 0. The highest BCUT2D eigenvalue weighted by Crippen LogP contribution is 2.17. The van der Waals surface area contributed by atoms with E-state index in [0.29, 0.717) is 5.57 Å². The molecule has 0 amide bonds. The van der Waals surface area contributed by atoms with Crippen LogP contribution < -0.4 is 4.74 Å². The minimum atomic E-state index is -0.508. The maximum atomic E-state index is 12.1. The van der Waals surface area contributed by atoms with Crippen LogP contribution in [0.3, 0.4) is 0 Å². The van der Waals surface area contributed by atoms with Gasteiger partial charge in [-0.3, -0.25) is 0 Å². The molecule has 0 saturated carbocycles. The molecule has 0 spiro atoms. The molecule has 0 atom stereocenters. The van der Waals surface area contributed by atoms with Crippen molar-refractivity contribution in [1.82, 2.24) is 0 Å². The third-order valence-electron chi connectivity index (χ3n) is 1.66. The van der Waals surface area contributed by atoms with Crippen LogP contribution in [0.4, 0.5) is 4.39 Å². The molecule has 1 nitrogen and oxygen atoms in total. The van der Waals surface area contributed by atoms with Crippen molar-refractivity contribution in [3.05, 3.63) is 36.4 Å². The van der Waals surface area contributed by atoms with Gasteiger partial charge in [0.05, 0.1) is 7.11 Å². The van der Waals surface area contributed by atoms with E-state index in [1.165, 1.54) is 0 Å². The molecule has 0 N–H and O–H groups in total. The van der Waals surface area contributed by atoms with E-state index in [1.54, 1.807) is 31.4 Å². The van der Waals surface area contributed by atoms with Gasteiger partial charge in [0.1, 0.15) is 12.4 Å². The number of allylic oxidation sites excluding steroid dienone is 1. The fourth-order valence-corrected chi connectivity index (χ4v) is 0.904. The second-order valence-electron chi connectivity index (χ2n) is 2.47. The van der Waals surface area contributed by atoms with Crippen LogP contribution in [0.25, 0.3) is 5.57 Å². The maximum absolute atomic E-state index is 12.1. The summed E-state index contributed by atoms with van der Waals surface area (Å²) in [5.41, 5.74) is 1.32. The van der Waals surface area contributed by atoms with Crippen LogP contribution in [0.1, 0.15) is 5.56 Å². The van der Waals surface area contributed by atoms with Crippen LogP contribution in [0.15, 0.2) is 30.8 Å². The summed E-state index contributed by atoms with van der Waals surface area (Å²) in [5.74, 6) is 0.769. The van der Waals surface area contributed by atoms with Gasteiger partial charge in [-0.05, 0) is 23.3 Å². The Morgan fingerprint density at radius 1 is 1.42 bits per heavy atom. The lowest BCUT2D eigenvalue weighted by molar-refractivity contribution is 0.414. The fourth-order valence-electron chi connectivity index (χ4n) is 0.904. The Morgan fingerprint density at radius 2 is 2.00 bits per heavy atom. The monoisotopic (exact) mass is 166 g/mol. The number of hydrogen-bond acceptors (Lipinski definition) is 1. The molecule has 0 fully saturated rings. The molecule has 1 aromatic rings.